The largest absolute Gasteiger partial charge is 0.0991 e. The van der Waals surface area contributed by atoms with Gasteiger partial charge in [-0.15, -0.1) is 0 Å². The van der Waals surface area contributed by atoms with E-state index in [-0.39, 0.29) is 0 Å². The van der Waals surface area contributed by atoms with E-state index in [1.54, 1.807) is 0 Å². The van der Waals surface area contributed by atoms with Crippen LogP contribution in [-0.2, 0) is 0 Å². The lowest BCUT2D eigenvalue weighted by atomic mass is 9.73. The van der Waals surface area contributed by atoms with E-state index in [1.807, 2.05) is 6.08 Å². The van der Waals surface area contributed by atoms with Crippen molar-refractivity contribution < 1.29 is 0 Å². The Morgan fingerprint density at radius 2 is 2.20 bits per heavy atom. The summed E-state index contributed by atoms with van der Waals surface area (Å²) in [6, 6.07) is 0. The molecular weight excluding hydrogens is 180 g/mol. The van der Waals surface area contributed by atoms with Crippen LogP contribution in [0.5, 0.6) is 0 Å². The topological polar surface area (TPSA) is 0 Å². The van der Waals surface area contributed by atoms with Crippen LogP contribution in [0.25, 0.3) is 0 Å². The molecule has 2 rings (SSSR count). The molecule has 2 aliphatic carbocycles. The maximum absolute atomic E-state index is 3.76. The van der Waals surface area contributed by atoms with Gasteiger partial charge in [-0.2, -0.15) is 0 Å². The van der Waals surface area contributed by atoms with Gasteiger partial charge in [0.15, 0.2) is 0 Å². The molecule has 0 bridgehead atoms. The standard InChI is InChI=1S/C15H24/c1-4-6-8-12-9-10-13(7-5-2)15(3)11-14(12)15/h4,6,8,12-14H,1,5,7,9-11H2,2-3H3/b8-6+. The number of allylic oxidation sites excluding steroid dienone is 3. The zero-order valence-corrected chi connectivity index (χ0v) is 10.2. The fraction of sp³-hybridized carbons (Fsp3) is 0.733. The molecule has 0 radical (unpaired) electrons. The number of hydrogen-bond donors (Lipinski definition) is 0. The molecule has 84 valence electrons. The van der Waals surface area contributed by atoms with Crippen molar-refractivity contribution in [2.24, 2.45) is 23.2 Å². The third-order valence-corrected chi connectivity index (χ3v) is 4.78. The van der Waals surface area contributed by atoms with Gasteiger partial charge < -0.3 is 0 Å². The molecule has 0 aliphatic heterocycles. The summed E-state index contributed by atoms with van der Waals surface area (Å²) >= 11 is 0. The van der Waals surface area contributed by atoms with Crippen LogP contribution in [-0.4, -0.2) is 0 Å². The minimum atomic E-state index is 0.699. The quantitative estimate of drug-likeness (QED) is 0.588. The summed E-state index contributed by atoms with van der Waals surface area (Å²) in [5.41, 5.74) is 0.699. The van der Waals surface area contributed by atoms with E-state index >= 15 is 0 Å². The van der Waals surface area contributed by atoms with E-state index in [4.69, 9.17) is 0 Å². The molecule has 0 N–H and O–H groups in total. The van der Waals surface area contributed by atoms with Crippen LogP contribution in [0.4, 0.5) is 0 Å². The molecule has 0 nitrogen and oxygen atoms in total. The average molecular weight is 204 g/mol. The Kier molecular flexibility index (Phi) is 3.04. The Labute approximate surface area is 94.5 Å². The van der Waals surface area contributed by atoms with Crippen molar-refractivity contribution in [2.45, 2.75) is 46.0 Å². The molecule has 0 amide bonds. The Morgan fingerprint density at radius 1 is 1.40 bits per heavy atom. The van der Waals surface area contributed by atoms with Crippen LogP contribution in [0.2, 0.25) is 0 Å². The average Bonchev–Trinajstić information content (AvgIpc) is 2.91. The van der Waals surface area contributed by atoms with Crippen LogP contribution < -0.4 is 0 Å². The minimum absolute atomic E-state index is 0.699. The zero-order chi connectivity index (χ0) is 10.9. The fourth-order valence-electron chi connectivity index (χ4n) is 3.72. The van der Waals surface area contributed by atoms with Crippen LogP contribution in [0.15, 0.2) is 24.8 Å². The lowest BCUT2D eigenvalue weighted by Gasteiger charge is -2.32. The highest BCUT2D eigenvalue weighted by Crippen LogP contribution is 2.67. The first-order chi connectivity index (χ1) is 7.22. The fourth-order valence-corrected chi connectivity index (χ4v) is 3.72. The molecule has 15 heavy (non-hydrogen) atoms. The summed E-state index contributed by atoms with van der Waals surface area (Å²) in [6.07, 6.45) is 13.6. The van der Waals surface area contributed by atoms with Gasteiger partial charge in [0.25, 0.3) is 0 Å². The van der Waals surface area contributed by atoms with Gasteiger partial charge in [-0.1, -0.05) is 51.5 Å². The molecular formula is C15H24. The molecule has 0 aromatic rings. The third-order valence-electron chi connectivity index (χ3n) is 4.78. The SMILES string of the molecule is C=C/C=C/C1CCC(CCC)C2(C)CC12. The van der Waals surface area contributed by atoms with Crippen molar-refractivity contribution in [3.8, 4) is 0 Å². The molecule has 4 unspecified atom stereocenters. The van der Waals surface area contributed by atoms with Crippen molar-refractivity contribution in [1.29, 1.82) is 0 Å². The van der Waals surface area contributed by atoms with Crippen LogP contribution >= 0.6 is 0 Å². The summed E-state index contributed by atoms with van der Waals surface area (Å²) in [5, 5.41) is 0. The predicted octanol–water partition coefficient (Wildman–Crippen LogP) is 4.58. The van der Waals surface area contributed by atoms with Crippen molar-refractivity contribution in [2.75, 3.05) is 0 Å². The molecule has 2 saturated carbocycles. The Bertz CT molecular complexity index is 263. The van der Waals surface area contributed by atoms with Crippen molar-refractivity contribution in [3.63, 3.8) is 0 Å². The van der Waals surface area contributed by atoms with E-state index in [2.05, 4.69) is 32.6 Å². The summed E-state index contributed by atoms with van der Waals surface area (Å²) in [6.45, 7) is 8.60. The summed E-state index contributed by atoms with van der Waals surface area (Å²) in [5.74, 6) is 2.85. The molecule has 0 saturated heterocycles. The van der Waals surface area contributed by atoms with Gasteiger partial charge in [0.1, 0.15) is 0 Å². The predicted molar refractivity (Wildman–Crippen MR) is 66.7 cm³/mol. The van der Waals surface area contributed by atoms with Gasteiger partial charge in [0.05, 0.1) is 0 Å². The summed E-state index contributed by atoms with van der Waals surface area (Å²) in [7, 11) is 0. The van der Waals surface area contributed by atoms with Gasteiger partial charge in [0, 0.05) is 0 Å². The van der Waals surface area contributed by atoms with Crippen LogP contribution in [0, 0.1) is 23.2 Å². The number of hydrogen-bond acceptors (Lipinski definition) is 0. The van der Waals surface area contributed by atoms with Crippen molar-refractivity contribution in [1.82, 2.24) is 0 Å². The third kappa shape index (κ3) is 1.91. The Hall–Kier alpha value is -0.520. The first kappa shape index (κ1) is 11.0. The summed E-state index contributed by atoms with van der Waals surface area (Å²) < 4.78 is 0. The van der Waals surface area contributed by atoms with Crippen LogP contribution in [0.1, 0.15) is 46.0 Å². The lowest BCUT2D eigenvalue weighted by Crippen LogP contribution is -2.24. The monoisotopic (exact) mass is 204 g/mol. The smallest absolute Gasteiger partial charge is 0.0196 e. The number of rotatable bonds is 4. The molecule has 0 spiro atoms. The van der Waals surface area contributed by atoms with E-state index in [1.165, 1.54) is 32.1 Å². The van der Waals surface area contributed by atoms with Gasteiger partial charge >= 0.3 is 0 Å². The summed E-state index contributed by atoms with van der Waals surface area (Å²) in [4.78, 5) is 0. The highest BCUT2D eigenvalue weighted by molar-refractivity contribution is 5.14. The molecule has 0 heterocycles. The first-order valence-electron chi connectivity index (χ1n) is 6.51. The highest BCUT2D eigenvalue weighted by Gasteiger charge is 2.59. The van der Waals surface area contributed by atoms with Crippen molar-refractivity contribution in [3.05, 3.63) is 24.8 Å². The second-order valence-electron chi connectivity index (χ2n) is 5.66. The highest BCUT2D eigenvalue weighted by atomic mass is 14.6. The maximum Gasteiger partial charge on any atom is -0.0196 e. The minimum Gasteiger partial charge on any atom is -0.0991 e. The second kappa shape index (κ2) is 4.15. The number of fused-ring (bicyclic) bond motifs is 1. The Balaban J connectivity index is 1.98. The zero-order valence-electron chi connectivity index (χ0n) is 10.2. The van der Waals surface area contributed by atoms with Gasteiger partial charge in [-0.05, 0) is 42.4 Å². The van der Waals surface area contributed by atoms with E-state index in [0.717, 1.165) is 17.8 Å². The van der Waals surface area contributed by atoms with Gasteiger partial charge in [-0.25, -0.2) is 0 Å². The van der Waals surface area contributed by atoms with E-state index in [0.29, 0.717) is 5.41 Å². The molecule has 4 atom stereocenters. The maximum atomic E-state index is 3.76. The van der Waals surface area contributed by atoms with Gasteiger partial charge in [0.2, 0.25) is 0 Å². The molecule has 0 heteroatoms. The first-order valence-corrected chi connectivity index (χ1v) is 6.51. The lowest BCUT2D eigenvalue weighted by molar-refractivity contribution is 0.191. The Morgan fingerprint density at radius 3 is 2.87 bits per heavy atom. The van der Waals surface area contributed by atoms with E-state index < -0.39 is 0 Å². The molecule has 0 aromatic heterocycles. The second-order valence-corrected chi connectivity index (χ2v) is 5.66. The van der Waals surface area contributed by atoms with Crippen LogP contribution in [0.3, 0.4) is 0 Å². The normalized spacial score (nSPS) is 44.0. The van der Waals surface area contributed by atoms with Crippen molar-refractivity contribution >= 4 is 0 Å². The molecule has 2 aliphatic rings. The molecule has 0 aromatic carbocycles. The molecule has 2 fully saturated rings. The van der Waals surface area contributed by atoms with E-state index in [9.17, 15) is 0 Å². The van der Waals surface area contributed by atoms with Gasteiger partial charge in [-0.3, -0.25) is 0 Å².